The molecule has 2 heterocycles. The molecule has 0 saturated heterocycles. The maximum Gasteiger partial charge on any atom is 0.148 e. The molecule has 96 valence electrons. The number of methoxy groups -OCH3 is 1. The lowest BCUT2D eigenvalue weighted by molar-refractivity contribution is 0.415. The van der Waals surface area contributed by atoms with Crippen LogP contribution in [0.5, 0.6) is 5.75 Å². The first-order valence-corrected chi connectivity index (χ1v) is 7.31. The molecule has 1 N–H and O–H groups in total. The lowest BCUT2D eigenvalue weighted by Crippen LogP contribution is -1.81. The molecule has 1 aromatic carbocycles. The minimum atomic E-state index is 0.858. The summed E-state index contributed by atoms with van der Waals surface area (Å²) < 4.78 is 5.24. The Kier molecular flexibility index (Phi) is 2.38. The molecule has 3 aromatic rings. The van der Waals surface area contributed by atoms with Gasteiger partial charge in [0.25, 0.3) is 0 Å². The number of hydrogen-bond donors (Lipinski definition) is 1. The van der Waals surface area contributed by atoms with Crippen LogP contribution in [0.2, 0.25) is 0 Å². The standard InChI is InChI=1S/C15H14N2OS/c1-18-10-5-6-11-12(8-10)17-15(16-11)14-7-9-3-2-4-13(9)19-14/h5-8H,2-4H2,1H3,(H,16,17). The van der Waals surface area contributed by atoms with Crippen molar-refractivity contribution in [3.05, 3.63) is 34.7 Å². The molecule has 3 nitrogen and oxygen atoms in total. The molecule has 0 bridgehead atoms. The fraction of sp³-hybridized carbons (Fsp3) is 0.267. The van der Waals surface area contributed by atoms with Crippen molar-refractivity contribution in [2.24, 2.45) is 0 Å². The summed E-state index contributed by atoms with van der Waals surface area (Å²) in [7, 11) is 1.68. The van der Waals surface area contributed by atoms with E-state index in [2.05, 4.69) is 16.0 Å². The molecule has 0 amide bonds. The van der Waals surface area contributed by atoms with E-state index in [1.165, 1.54) is 34.6 Å². The number of rotatable bonds is 2. The Morgan fingerprint density at radius 3 is 3.05 bits per heavy atom. The fourth-order valence-corrected chi connectivity index (χ4v) is 3.88. The summed E-state index contributed by atoms with van der Waals surface area (Å²) in [6.45, 7) is 0. The zero-order chi connectivity index (χ0) is 12.8. The fourth-order valence-electron chi connectivity index (χ4n) is 2.68. The van der Waals surface area contributed by atoms with Gasteiger partial charge in [0, 0.05) is 10.9 Å². The van der Waals surface area contributed by atoms with E-state index in [9.17, 15) is 0 Å². The van der Waals surface area contributed by atoms with Gasteiger partial charge in [-0.3, -0.25) is 0 Å². The first kappa shape index (κ1) is 11.1. The second-order valence-corrected chi connectivity index (χ2v) is 6.02. The summed E-state index contributed by atoms with van der Waals surface area (Å²) in [5.41, 5.74) is 3.53. The van der Waals surface area contributed by atoms with Gasteiger partial charge in [0.05, 0.1) is 23.0 Å². The highest BCUT2D eigenvalue weighted by Crippen LogP contribution is 2.36. The Labute approximate surface area is 115 Å². The lowest BCUT2D eigenvalue weighted by atomic mass is 10.2. The number of nitrogens with zero attached hydrogens (tertiary/aromatic N) is 1. The first-order valence-electron chi connectivity index (χ1n) is 6.49. The molecule has 0 unspecified atom stereocenters. The highest BCUT2D eigenvalue weighted by molar-refractivity contribution is 7.15. The van der Waals surface area contributed by atoms with Crippen LogP contribution in [0.3, 0.4) is 0 Å². The number of thiophene rings is 1. The Bertz CT molecular complexity index is 735. The van der Waals surface area contributed by atoms with E-state index in [1.54, 1.807) is 7.11 Å². The van der Waals surface area contributed by atoms with Gasteiger partial charge in [-0.05, 0) is 43.0 Å². The minimum absolute atomic E-state index is 0.858. The predicted octanol–water partition coefficient (Wildman–Crippen LogP) is 3.79. The van der Waals surface area contributed by atoms with Crippen molar-refractivity contribution in [1.82, 2.24) is 9.97 Å². The molecule has 0 saturated carbocycles. The topological polar surface area (TPSA) is 37.9 Å². The smallest absolute Gasteiger partial charge is 0.148 e. The second kappa shape index (κ2) is 4.10. The van der Waals surface area contributed by atoms with Gasteiger partial charge < -0.3 is 9.72 Å². The largest absolute Gasteiger partial charge is 0.497 e. The third kappa shape index (κ3) is 1.75. The monoisotopic (exact) mass is 270 g/mol. The van der Waals surface area contributed by atoms with E-state index < -0.39 is 0 Å². The van der Waals surface area contributed by atoms with Crippen molar-refractivity contribution < 1.29 is 4.74 Å². The van der Waals surface area contributed by atoms with Gasteiger partial charge in [-0.25, -0.2) is 4.98 Å². The number of ether oxygens (including phenoxy) is 1. The number of nitrogens with one attached hydrogen (secondary N) is 1. The highest BCUT2D eigenvalue weighted by atomic mass is 32.1. The zero-order valence-electron chi connectivity index (χ0n) is 10.7. The number of imidazole rings is 1. The van der Waals surface area contributed by atoms with E-state index in [4.69, 9.17) is 4.74 Å². The van der Waals surface area contributed by atoms with Gasteiger partial charge in [-0.1, -0.05) is 0 Å². The molecule has 2 aromatic heterocycles. The van der Waals surface area contributed by atoms with Crippen LogP contribution < -0.4 is 4.74 Å². The molecule has 0 fully saturated rings. The molecular formula is C15H14N2OS. The van der Waals surface area contributed by atoms with E-state index >= 15 is 0 Å². The van der Waals surface area contributed by atoms with Crippen LogP contribution in [0.4, 0.5) is 0 Å². The summed E-state index contributed by atoms with van der Waals surface area (Å²) >= 11 is 1.88. The molecule has 4 rings (SSSR count). The summed E-state index contributed by atoms with van der Waals surface area (Å²) in [6, 6.07) is 8.23. The van der Waals surface area contributed by atoms with Crippen molar-refractivity contribution in [3.63, 3.8) is 0 Å². The third-order valence-corrected chi connectivity index (χ3v) is 4.91. The van der Waals surface area contributed by atoms with Crippen LogP contribution in [0, 0.1) is 0 Å². The van der Waals surface area contributed by atoms with Crippen LogP contribution in [-0.4, -0.2) is 17.1 Å². The minimum Gasteiger partial charge on any atom is -0.497 e. The van der Waals surface area contributed by atoms with Gasteiger partial charge in [-0.2, -0.15) is 0 Å². The number of aromatic nitrogens is 2. The average Bonchev–Trinajstić information content (AvgIpc) is 3.10. The van der Waals surface area contributed by atoms with Crippen molar-refractivity contribution in [3.8, 4) is 16.5 Å². The van der Waals surface area contributed by atoms with Crippen molar-refractivity contribution in [2.75, 3.05) is 7.11 Å². The molecule has 4 heteroatoms. The van der Waals surface area contributed by atoms with Crippen LogP contribution in [0.1, 0.15) is 16.9 Å². The second-order valence-electron chi connectivity index (χ2n) is 4.88. The van der Waals surface area contributed by atoms with Gasteiger partial charge in [0.15, 0.2) is 0 Å². The molecule has 0 atom stereocenters. The molecule has 0 radical (unpaired) electrons. The molecule has 1 aliphatic rings. The maximum absolute atomic E-state index is 5.24. The van der Waals surface area contributed by atoms with Gasteiger partial charge in [0.1, 0.15) is 11.6 Å². The Balaban J connectivity index is 1.81. The number of H-pyrrole nitrogens is 1. The number of aromatic amines is 1. The highest BCUT2D eigenvalue weighted by Gasteiger charge is 2.17. The number of fused-ring (bicyclic) bond motifs is 2. The van der Waals surface area contributed by atoms with Gasteiger partial charge in [0.2, 0.25) is 0 Å². The summed E-state index contributed by atoms with van der Waals surface area (Å²) in [5.74, 6) is 1.83. The molecule has 0 spiro atoms. The van der Waals surface area contributed by atoms with Gasteiger partial charge in [-0.15, -0.1) is 11.3 Å². The molecule has 0 aliphatic heterocycles. The third-order valence-electron chi connectivity index (χ3n) is 3.67. The van der Waals surface area contributed by atoms with Gasteiger partial charge >= 0.3 is 0 Å². The Morgan fingerprint density at radius 1 is 1.26 bits per heavy atom. The normalized spacial score (nSPS) is 13.9. The van der Waals surface area contributed by atoms with E-state index in [0.29, 0.717) is 0 Å². The molecular weight excluding hydrogens is 256 g/mol. The number of aryl methyl sites for hydroxylation is 2. The summed E-state index contributed by atoms with van der Waals surface area (Å²) in [5, 5.41) is 0. The quantitative estimate of drug-likeness (QED) is 0.769. The van der Waals surface area contributed by atoms with Crippen molar-refractivity contribution in [2.45, 2.75) is 19.3 Å². The molecule has 19 heavy (non-hydrogen) atoms. The van der Waals surface area contributed by atoms with Crippen LogP contribution in [-0.2, 0) is 12.8 Å². The van der Waals surface area contributed by atoms with Crippen molar-refractivity contribution >= 4 is 22.4 Å². The van der Waals surface area contributed by atoms with Crippen LogP contribution in [0.15, 0.2) is 24.3 Å². The molecule has 1 aliphatic carbocycles. The zero-order valence-corrected chi connectivity index (χ0v) is 11.5. The SMILES string of the molecule is COc1ccc2nc(-c3cc4c(s3)CCC4)[nH]c2c1. The number of benzene rings is 1. The predicted molar refractivity (Wildman–Crippen MR) is 78.0 cm³/mol. The van der Waals surface area contributed by atoms with Crippen LogP contribution in [0.25, 0.3) is 21.7 Å². The maximum atomic E-state index is 5.24. The average molecular weight is 270 g/mol. The van der Waals surface area contributed by atoms with Crippen LogP contribution >= 0.6 is 11.3 Å². The van der Waals surface area contributed by atoms with E-state index in [0.717, 1.165) is 22.6 Å². The first-order chi connectivity index (χ1) is 9.33. The summed E-state index contributed by atoms with van der Waals surface area (Å²) in [6.07, 6.45) is 3.76. The lowest BCUT2D eigenvalue weighted by Gasteiger charge is -1.96. The van der Waals surface area contributed by atoms with E-state index in [-0.39, 0.29) is 0 Å². The number of hydrogen-bond acceptors (Lipinski definition) is 3. The van der Waals surface area contributed by atoms with E-state index in [1.807, 2.05) is 29.5 Å². The Hall–Kier alpha value is -1.81. The van der Waals surface area contributed by atoms with Crippen molar-refractivity contribution in [1.29, 1.82) is 0 Å². The Morgan fingerprint density at radius 2 is 2.21 bits per heavy atom. The summed E-state index contributed by atoms with van der Waals surface area (Å²) in [4.78, 5) is 10.9.